The van der Waals surface area contributed by atoms with Crippen molar-refractivity contribution in [3.63, 3.8) is 0 Å². The van der Waals surface area contributed by atoms with E-state index in [0.29, 0.717) is 12.2 Å². The van der Waals surface area contributed by atoms with Crippen LogP contribution in [0.1, 0.15) is 23.0 Å². The molecule has 3 aromatic rings. The maximum absolute atomic E-state index is 12.0. The first-order chi connectivity index (χ1) is 9.20. The van der Waals surface area contributed by atoms with Crippen LogP contribution in [-0.2, 0) is 4.74 Å². The van der Waals surface area contributed by atoms with Gasteiger partial charge in [0.2, 0.25) is 0 Å². The highest BCUT2D eigenvalue weighted by Gasteiger charge is 2.17. The van der Waals surface area contributed by atoms with E-state index in [2.05, 4.69) is 17.1 Å². The van der Waals surface area contributed by atoms with Gasteiger partial charge in [-0.15, -0.1) is 0 Å². The summed E-state index contributed by atoms with van der Waals surface area (Å²) in [6.07, 6.45) is 0. The molecule has 1 aromatic heterocycles. The van der Waals surface area contributed by atoms with Crippen LogP contribution in [0.4, 0.5) is 0 Å². The first kappa shape index (κ1) is 11.8. The zero-order valence-electron chi connectivity index (χ0n) is 11.0. The summed E-state index contributed by atoms with van der Waals surface area (Å²) in [7, 11) is 0. The minimum Gasteiger partial charge on any atom is -0.462 e. The summed E-state index contributed by atoms with van der Waals surface area (Å²) in [4.78, 5) is 15.3. The SMILES string of the molecule is CCOC(=O)c1c(C)[nH]c2cc3ccccc3cc12. The van der Waals surface area contributed by atoms with Crippen LogP contribution in [0, 0.1) is 6.92 Å². The number of ether oxygens (including phenoxy) is 1. The molecule has 1 heterocycles. The van der Waals surface area contributed by atoms with E-state index in [1.807, 2.05) is 38.1 Å². The lowest BCUT2D eigenvalue weighted by molar-refractivity contribution is 0.0528. The van der Waals surface area contributed by atoms with Crippen molar-refractivity contribution in [3.8, 4) is 0 Å². The summed E-state index contributed by atoms with van der Waals surface area (Å²) < 4.78 is 5.13. The molecule has 0 atom stereocenters. The number of aromatic nitrogens is 1. The van der Waals surface area contributed by atoms with E-state index in [9.17, 15) is 4.79 Å². The average molecular weight is 253 g/mol. The van der Waals surface area contributed by atoms with Gasteiger partial charge in [-0.25, -0.2) is 4.79 Å². The van der Waals surface area contributed by atoms with Gasteiger partial charge in [0.1, 0.15) is 0 Å². The molecular weight excluding hydrogens is 238 g/mol. The molecule has 3 rings (SSSR count). The van der Waals surface area contributed by atoms with Crippen LogP contribution in [0.15, 0.2) is 36.4 Å². The Labute approximate surface area is 111 Å². The number of aromatic amines is 1. The number of hydrogen-bond donors (Lipinski definition) is 1. The zero-order valence-corrected chi connectivity index (χ0v) is 11.0. The highest BCUT2D eigenvalue weighted by atomic mass is 16.5. The minimum absolute atomic E-state index is 0.262. The molecule has 0 spiro atoms. The molecule has 0 aliphatic carbocycles. The molecule has 0 unspecified atom stereocenters. The Morgan fingerprint density at radius 1 is 1.21 bits per heavy atom. The topological polar surface area (TPSA) is 42.1 Å². The Hall–Kier alpha value is -2.29. The van der Waals surface area contributed by atoms with Gasteiger partial charge in [0.25, 0.3) is 0 Å². The molecule has 2 aromatic carbocycles. The fourth-order valence-corrected chi connectivity index (χ4v) is 2.48. The highest BCUT2D eigenvalue weighted by Crippen LogP contribution is 2.27. The molecule has 0 fully saturated rings. The summed E-state index contributed by atoms with van der Waals surface area (Å²) >= 11 is 0. The zero-order chi connectivity index (χ0) is 13.4. The van der Waals surface area contributed by atoms with Crippen molar-refractivity contribution in [2.45, 2.75) is 13.8 Å². The smallest absolute Gasteiger partial charge is 0.340 e. The van der Waals surface area contributed by atoms with Crippen LogP contribution < -0.4 is 0 Å². The number of nitrogens with one attached hydrogen (secondary N) is 1. The van der Waals surface area contributed by atoms with Crippen molar-refractivity contribution in [3.05, 3.63) is 47.7 Å². The van der Waals surface area contributed by atoms with Crippen molar-refractivity contribution < 1.29 is 9.53 Å². The molecule has 0 amide bonds. The lowest BCUT2D eigenvalue weighted by Gasteiger charge is -2.02. The third-order valence-corrected chi connectivity index (χ3v) is 3.33. The largest absolute Gasteiger partial charge is 0.462 e. The Morgan fingerprint density at radius 2 is 1.89 bits per heavy atom. The number of carbonyl (C=O) groups is 1. The van der Waals surface area contributed by atoms with Crippen LogP contribution in [0.2, 0.25) is 0 Å². The predicted molar refractivity (Wildman–Crippen MR) is 76.5 cm³/mol. The predicted octanol–water partition coefficient (Wildman–Crippen LogP) is 3.81. The van der Waals surface area contributed by atoms with E-state index in [-0.39, 0.29) is 5.97 Å². The van der Waals surface area contributed by atoms with Gasteiger partial charge in [0, 0.05) is 16.6 Å². The molecular formula is C16H15NO2. The van der Waals surface area contributed by atoms with Crippen molar-refractivity contribution in [1.29, 1.82) is 0 Å². The van der Waals surface area contributed by atoms with Gasteiger partial charge < -0.3 is 9.72 Å². The third kappa shape index (κ3) is 1.87. The van der Waals surface area contributed by atoms with Gasteiger partial charge in [-0.1, -0.05) is 24.3 Å². The summed E-state index contributed by atoms with van der Waals surface area (Å²) in [5.41, 5.74) is 2.46. The number of esters is 1. The standard InChI is InChI=1S/C16H15NO2/c1-3-19-16(18)15-10(2)17-14-9-12-7-5-4-6-11(12)8-13(14)15/h4-9,17H,3H2,1-2H3. The van der Waals surface area contributed by atoms with Crippen molar-refractivity contribution in [2.24, 2.45) is 0 Å². The summed E-state index contributed by atoms with van der Waals surface area (Å²) in [6.45, 7) is 4.10. The number of aryl methyl sites for hydroxylation is 1. The van der Waals surface area contributed by atoms with E-state index in [4.69, 9.17) is 4.74 Å². The molecule has 0 aliphatic rings. The number of H-pyrrole nitrogens is 1. The Morgan fingerprint density at radius 3 is 2.58 bits per heavy atom. The maximum Gasteiger partial charge on any atom is 0.340 e. The number of fused-ring (bicyclic) bond motifs is 2. The second-order valence-electron chi connectivity index (χ2n) is 4.59. The van der Waals surface area contributed by atoms with E-state index < -0.39 is 0 Å². The Kier molecular flexibility index (Phi) is 2.75. The van der Waals surface area contributed by atoms with Gasteiger partial charge in [-0.3, -0.25) is 0 Å². The number of hydrogen-bond acceptors (Lipinski definition) is 2. The maximum atomic E-state index is 12.0. The first-order valence-corrected chi connectivity index (χ1v) is 6.39. The third-order valence-electron chi connectivity index (χ3n) is 3.33. The van der Waals surface area contributed by atoms with Crippen LogP contribution in [0.25, 0.3) is 21.7 Å². The Bertz CT molecular complexity index is 771. The number of benzene rings is 2. The number of carbonyl (C=O) groups excluding carboxylic acids is 1. The fourth-order valence-electron chi connectivity index (χ4n) is 2.48. The molecule has 0 saturated carbocycles. The van der Waals surface area contributed by atoms with Gasteiger partial charge >= 0.3 is 5.97 Å². The molecule has 19 heavy (non-hydrogen) atoms. The van der Waals surface area contributed by atoms with Gasteiger partial charge in [0.15, 0.2) is 0 Å². The van der Waals surface area contributed by atoms with Crippen LogP contribution in [-0.4, -0.2) is 17.6 Å². The lowest BCUT2D eigenvalue weighted by atomic mass is 10.1. The molecule has 1 N–H and O–H groups in total. The second-order valence-corrected chi connectivity index (χ2v) is 4.59. The van der Waals surface area contributed by atoms with E-state index >= 15 is 0 Å². The molecule has 3 heteroatoms. The molecule has 0 aliphatic heterocycles. The van der Waals surface area contributed by atoms with Crippen LogP contribution in [0.5, 0.6) is 0 Å². The van der Waals surface area contributed by atoms with Gasteiger partial charge in [-0.05, 0) is 36.8 Å². The molecule has 96 valence electrons. The highest BCUT2D eigenvalue weighted by molar-refractivity contribution is 6.09. The van der Waals surface area contributed by atoms with E-state index in [0.717, 1.165) is 27.4 Å². The van der Waals surface area contributed by atoms with E-state index in [1.54, 1.807) is 0 Å². The van der Waals surface area contributed by atoms with E-state index in [1.165, 1.54) is 0 Å². The Balaban J connectivity index is 2.30. The van der Waals surface area contributed by atoms with Crippen molar-refractivity contribution in [2.75, 3.05) is 6.61 Å². The lowest BCUT2D eigenvalue weighted by Crippen LogP contribution is -2.05. The van der Waals surface area contributed by atoms with Crippen molar-refractivity contribution >= 4 is 27.6 Å². The molecule has 3 nitrogen and oxygen atoms in total. The monoisotopic (exact) mass is 253 g/mol. The fraction of sp³-hybridized carbons (Fsp3) is 0.188. The normalized spacial score (nSPS) is 11.1. The molecule has 0 saturated heterocycles. The summed E-state index contributed by atoms with van der Waals surface area (Å²) in [5, 5.41) is 3.21. The molecule has 0 bridgehead atoms. The minimum atomic E-state index is -0.262. The summed E-state index contributed by atoms with van der Waals surface area (Å²) in [6, 6.07) is 12.2. The van der Waals surface area contributed by atoms with Crippen molar-refractivity contribution in [1.82, 2.24) is 4.98 Å². The van der Waals surface area contributed by atoms with Gasteiger partial charge in [-0.2, -0.15) is 0 Å². The second kappa shape index (κ2) is 4.43. The molecule has 0 radical (unpaired) electrons. The van der Waals surface area contributed by atoms with Gasteiger partial charge in [0.05, 0.1) is 12.2 Å². The number of rotatable bonds is 2. The van der Waals surface area contributed by atoms with Crippen LogP contribution >= 0.6 is 0 Å². The summed E-state index contributed by atoms with van der Waals surface area (Å²) in [5.74, 6) is -0.262. The average Bonchev–Trinajstić information content (AvgIpc) is 2.71. The first-order valence-electron chi connectivity index (χ1n) is 6.39. The van der Waals surface area contributed by atoms with Crippen LogP contribution in [0.3, 0.4) is 0 Å². The quantitative estimate of drug-likeness (QED) is 0.706.